The molecule has 1 aliphatic carbocycles. The maximum Gasteiger partial charge on any atom is 0.251 e. The maximum absolute atomic E-state index is 12.5. The van der Waals surface area contributed by atoms with Gasteiger partial charge in [-0.1, -0.05) is 56.0 Å². The van der Waals surface area contributed by atoms with Crippen molar-refractivity contribution in [2.45, 2.75) is 51.1 Å². The zero-order chi connectivity index (χ0) is 20.0. The summed E-state index contributed by atoms with van der Waals surface area (Å²) < 4.78 is 25.8. The first-order chi connectivity index (χ1) is 13.4. The molecule has 6 heteroatoms. The lowest BCUT2D eigenvalue weighted by molar-refractivity contribution is 0.0933. The lowest BCUT2D eigenvalue weighted by Crippen LogP contribution is -2.34. The Bertz CT molecular complexity index is 872. The number of sulfonamides is 1. The first-order valence-corrected chi connectivity index (χ1v) is 11.7. The third-order valence-electron chi connectivity index (χ3n) is 5.18. The van der Waals surface area contributed by atoms with Gasteiger partial charge in [-0.2, -0.15) is 0 Å². The lowest BCUT2D eigenvalue weighted by atomic mass is 10.1. The van der Waals surface area contributed by atoms with Gasteiger partial charge in [-0.05, 0) is 42.7 Å². The van der Waals surface area contributed by atoms with Crippen molar-refractivity contribution >= 4 is 21.6 Å². The van der Waals surface area contributed by atoms with Crippen LogP contribution in [0.5, 0.6) is 0 Å². The standard InChI is InChI=1S/C22H28N2O3S/c1-28(26,27)24(21-11-7-4-8-12-21)17-18-13-15-19(16-14-18)22(25)23-20-9-5-2-3-6-10-20/h4,7-8,11-16,20H,2-3,5-6,9-10,17H2,1H3,(H,23,25). The van der Waals surface area contributed by atoms with Crippen molar-refractivity contribution in [3.63, 3.8) is 0 Å². The molecule has 150 valence electrons. The fraction of sp³-hybridized carbons (Fsp3) is 0.409. The number of nitrogens with zero attached hydrogens (tertiary/aromatic N) is 1. The van der Waals surface area contributed by atoms with E-state index in [4.69, 9.17) is 0 Å². The normalized spacial score (nSPS) is 15.6. The molecule has 2 aromatic carbocycles. The molecule has 0 unspecified atom stereocenters. The van der Waals surface area contributed by atoms with Gasteiger partial charge in [0.15, 0.2) is 0 Å². The number of nitrogens with one attached hydrogen (secondary N) is 1. The van der Waals surface area contributed by atoms with Crippen molar-refractivity contribution in [1.82, 2.24) is 5.32 Å². The number of carbonyl (C=O) groups is 1. The van der Waals surface area contributed by atoms with Crippen LogP contribution in [0.2, 0.25) is 0 Å². The Labute approximate surface area is 167 Å². The number of hydrogen-bond acceptors (Lipinski definition) is 3. The van der Waals surface area contributed by atoms with Gasteiger partial charge in [-0.15, -0.1) is 0 Å². The fourth-order valence-electron chi connectivity index (χ4n) is 3.61. The summed E-state index contributed by atoms with van der Waals surface area (Å²) in [4.78, 5) is 12.5. The smallest absolute Gasteiger partial charge is 0.251 e. The number of hydrogen-bond donors (Lipinski definition) is 1. The molecule has 3 rings (SSSR count). The van der Waals surface area contributed by atoms with E-state index >= 15 is 0 Å². The molecule has 28 heavy (non-hydrogen) atoms. The van der Waals surface area contributed by atoms with Crippen LogP contribution in [0.15, 0.2) is 54.6 Å². The summed E-state index contributed by atoms with van der Waals surface area (Å²) in [5.74, 6) is -0.0542. The van der Waals surface area contributed by atoms with E-state index in [1.165, 1.54) is 36.2 Å². The summed E-state index contributed by atoms with van der Waals surface area (Å²) in [6.07, 6.45) is 8.14. The zero-order valence-electron chi connectivity index (χ0n) is 16.3. The summed E-state index contributed by atoms with van der Waals surface area (Å²) in [6, 6.07) is 16.5. The van der Waals surface area contributed by atoms with Crippen molar-refractivity contribution in [3.8, 4) is 0 Å². The molecule has 2 aromatic rings. The van der Waals surface area contributed by atoms with Crippen LogP contribution < -0.4 is 9.62 Å². The van der Waals surface area contributed by atoms with Gasteiger partial charge < -0.3 is 5.32 Å². The highest BCUT2D eigenvalue weighted by atomic mass is 32.2. The van der Waals surface area contributed by atoms with Gasteiger partial charge in [0, 0.05) is 11.6 Å². The molecular weight excluding hydrogens is 372 g/mol. The van der Waals surface area contributed by atoms with Gasteiger partial charge in [-0.25, -0.2) is 8.42 Å². The summed E-state index contributed by atoms with van der Waals surface area (Å²) in [6.45, 7) is 0.230. The van der Waals surface area contributed by atoms with Gasteiger partial charge in [0.2, 0.25) is 10.0 Å². The number of para-hydroxylation sites is 1. The average Bonchev–Trinajstić information content (AvgIpc) is 2.95. The second kappa shape index (κ2) is 9.24. The van der Waals surface area contributed by atoms with Crippen molar-refractivity contribution in [1.29, 1.82) is 0 Å². The number of benzene rings is 2. The van der Waals surface area contributed by atoms with Gasteiger partial charge in [0.25, 0.3) is 5.91 Å². The zero-order valence-corrected chi connectivity index (χ0v) is 17.1. The molecule has 1 aliphatic rings. The SMILES string of the molecule is CS(=O)(=O)N(Cc1ccc(C(=O)NC2CCCCCC2)cc1)c1ccccc1. The van der Waals surface area contributed by atoms with E-state index in [2.05, 4.69) is 5.32 Å². The monoisotopic (exact) mass is 400 g/mol. The molecule has 1 amide bonds. The first-order valence-electron chi connectivity index (χ1n) is 9.86. The maximum atomic E-state index is 12.5. The summed E-state index contributed by atoms with van der Waals surface area (Å²) in [5, 5.41) is 3.14. The van der Waals surface area contributed by atoms with E-state index in [1.54, 1.807) is 24.3 Å². The van der Waals surface area contributed by atoms with E-state index in [0.29, 0.717) is 11.3 Å². The van der Waals surface area contributed by atoms with E-state index in [9.17, 15) is 13.2 Å². The van der Waals surface area contributed by atoms with Crippen molar-refractivity contribution in [2.24, 2.45) is 0 Å². The van der Waals surface area contributed by atoms with Crippen LogP contribution in [0.1, 0.15) is 54.4 Å². The molecule has 0 radical (unpaired) electrons. The van der Waals surface area contributed by atoms with Crippen LogP contribution in [-0.2, 0) is 16.6 Å². The summed E-state index contributed by atoms with van der Waals surface area (Å²) >= 11 is 0. The number of anilines is 1. The van der Waals surface area contributed by atoms with Crippen LogP contribution in [0, 0.1) is 0 Å². The molecule has 1 fully saturated rings. The minimum atomic E-state index is -3.41. The highest BCUT2D eigenvalue weighted by Gasteiger charge is 2.19. The van der Waals surface area contributed by atoms with Gasteiger partial charge in [-0.3, -0.25) is 9.10 Å². The molecule has 1 N–H and O–H groups in total. The molecular formula is C22H28N2O3S. The van der Waals surface area contributed by atoms with Gasteiger partial charge in [0.05, 0.1) is 18.5 Å². The Morgan fingerprint density at radius 3 is 2.14 bits per heavy atom. The van der Waals surface area contributed by atoms with E-state index < -0.39 is 10.0 Å². The predicted molar refractivity (Wildman–Crippen MR) is 113 cm³/mol. The number of carbonyl (C=O) groups excluding carboxylic acids is 1. The van der Waals surface area contributed by atoms with Crippen molar-refractivity contribution in [2.75, 3.05) is 10.6 Å². The predicted octanol–water partition coefficient (Wildman–Crippen LogP) is 4.11. The van der Waals surface area contributed by atoms with E-state index in [-0.39, 0.29) is 18.5 Å². The quantitative estimate of drug-likeness (QED) is 0.742. The first kappa shape index (κ1) is 20.4. The molecule has 0 spiro atoms. The van der Waals surface area contributed by atoms with Crippen LogP contribution in [0.3, 0.4) is 0 Å². The number of amides is 1. The molecule has 5 nitrogen and oxygen atoms in total. The largest absolute Gasteiger partial charge is 0.349 e. The van der Waals surface area contributed by atoms with Crippen molar-refractivity contribution in [3.05, 3.63) is 65.7 Å². The minimum absolute atomic E-state index is 0.0542. The highest BCUT2D eigenvalue weighted by Crippen LogP contribution is 2.21. The lowest BCUT2D eigenvalue weighted by Gasteiger charge is -2.22. The third-order valence-corrected chi connectivity index (χ3v) is 6.32. The second-order valence-electron chi connectivity index (χ2n) is 7.46. The third kappa shape index (κ3) is 5.58. The average molecular weight is 401 g/mol. The Morgan fingerprint density at radius 2 is 1.57 bits per heavy atom. The van der Waals surface area contributed by atoms with E-state index in [0.717, 1.165) is 18.4 Å². The van der Waals surface area contributed by atoms with Gasteiger partial charge in [0.1, 0.15) is 0 Å². The molecule has 0 saturated heterocycles. The topological polar surface area (TPSA) is 66.5 Å². The fourth-order valence-corrected chi connectivity index (χ4v) is 4.50. The van der Waals surface area contributed by atoms with Crippen LogP contribution in [0.4, 0.5) is 5.69 Å². The summed E-state index contributed by atoms with van der Waals surface area (Å²) in [5.41, 5.74) is 2.07. The highest BCUT2D eigenvalue weighted by molar-refractivity contribution is 7.92. The molecule has 0 aliphatic heterocycles. The van der Waals surface area contributed by atoms with Crippen LogP contribution in [-0.4, -0.2) is 26.6 Å². The Balaban J connectivity index is 1.68. The molecule has 1 saturated carbocycles. The summed E-state index contributed by atoms with van der Waals surface area (Å²) in [7, 11) is -3.41. The molecule has 0 atom stereocenters. The van der Waals surface area contributed by atoms with E-state index in [1.807, 2.05) is 30.3 Å². The Hall–Kier alpha value is -2.34. The molecule has 0 bridgehead atoms. The number of rotatable bonds is 6. The van der Waals surface area contributed by atoms with Crippen LogP contribution in [0.25, 0.3) is 0 Å². The Morgan fingerprint density at radius 1 is 0.964 bits per heavy atom. The van der Waals surface area contributed by atoms with Crippen LogP contribution >= 0.6 is 0 Å². The van der Waals surface area contributed by atoms with Crippen molar-refractivity contribution < 1.29 is 13.2 Å². The second-order valence-corrected chi connectivity index (χ2v) is 9.37. The van der Waals surface area contributed by atoms with Gasteiger partial charge >= 0.3 is 0 Å². The molecule has 0 heterocycles. The Kier molecular flexibility index (Phi) is 6.73. The minimum Gasteiger partial charge on any atom is -0.349 e. The molecule has 0 aromatic heterocycles.